The first-order chi connectivity index (χ1) is 7.38. The highest BCUT2D eigenvalue weighted by Gasteiger charge is 2.35. The maximum Gasteiger partial charge on any atom is 0.419 e. The smallest absolute Gasteiger partial charge is 0.266 e. The zero-order chi connectivity index (χ0) is 12.3. The minimum Gasteiger partial charge on any atom is -0.266 e. The van der Waals surface area contributed by atoms with E-state index in [0.717, 1.165) is 18.2 Å². The van der Waals surface area contributed by atoms with E-state index in [1.807, 2.05) is 0 Å². The number of halogens is 4. The van der Waals surface area contributed by atoms with Crippen LogP contribution in [0.1, 0.15) is 15.9 Å². The van der Waals surface area contributed by atoms with Crippen molar-refractivity contribution in [2.45, 2.75) is 6.18 Å². The average Bonchev–Trinajstić information content (AvgIpc) is 2.16. The molecule has 0 bridgehead atoms. The fourth-order valence-corrected chi connectivity index (χ4v) is 1.02. The van der Waals surface area contributed by atoms with Gasteiger partial charge in [0.2, 0.25) is 6.08 Å². The SMILES string of the molecule is O=C=NC(=O)c1cccc(C(F)(F)F)c1F. The highest BCUT2D eigenvalue weighted by molar-refractivity contribution is 5.97. The Balaban J connectivity index is 3.35. The van der Waals surface area contributed by atoms with Crippen molar-refractivity contribution in [1.29, 1.82) is 0 Å². The van der Waals surface area contributed by atoms with Crippen LogP contribution in [0.5, 0.6) is 0 Å². The predicted octanol–water partition coefficient (Wildman–Crippen LogP) is 2.32. The van der Waals surface area contributed by atoms with Crippen LogP contribution >= 0.6 is 0 Å². The molecule has 1 aromatic rings. The molecular weight excluding hydrogens is 230 g/mol. The van der Waals surface area contributed by atoms with Crippen LogP contribution in [0, 0.1) is 5.82 Å². The highest BCUT2D eigenvalue weighted by atomic mass is 19.4. The molecule has 0 saturated heterocycles. The summed E-state index contributed by atoms with van der Waals surface area (Å²) in [4.78, 5) is 23.2. The maximum absolute atomic E-state index is 13.2. The average molecular weight is 233 g/mol. The van der Waals surface area contributed by atoms with Gasteiger partial charge in [-0.1, -0.05) is 6.07 Å². The first-order valence-corrected chi connectivity index (χ1v) is 3.86. The molecule has 0 aliphatic rings. The van der Waals surface area contributed by atoms with Gasteiger partial charge >= 0.3 is 6.18 Å². The first kappa shape index (κ1) is 12.1. The van der Waals surface area contributed by atoms with Gasteiger partial charge in [0.05, 0.1) is 11.1 Å². The third kappa shape index (κ3) is 2.32. The molecule has 1 amide bonds. The van der Waals surface area contributed by atoms with E-state index >= 15 is 0 Å². The molecule has 1 aromatic carbocycles. The molecule has 0 unspecified atom stereocenters. The molecule has 0 heterocycles. The van der Waals surface area contributed by atoms with Gasteiger partial charge in [-0.3, -0.25) is 4.79 Å². The molecule has 84 valence electrons. The Morgan fingerprint density at radius 3 is 2.44 bits per heavy atom. The Labute approximate surface area is 86.4 Å². The largest absolute Gasteiger partial charge is 0.419 e. The van der Waals surface area contributed by atoms with Crippen LogP contribution in [0.15, 0.2) is 23.2 Å². The summed E-state index contributed by atoms with van der Waals surface area (Å²) in [5.41, 5.74) is -2.50. The van der Waals surface area contributed by atoms with E-state index in [4.69, 9.17) is 0 Å². The Kier molecular flexibility index (Phi) is 3.20. The van der Waals surface area contributed by atoms with Gasteiger partial charge in [0.1, 0.15) is 5.82 Å². The van der Waals surface area contributed by atoms with E-state index in [1.165, 1.54) is 0 Å². The molecule has 3 nitrogen and oxygen atoms in total. The molecule has 0 aromatic heterocycles. The fourth-order valence-electron chi connectivity index (χ4n) is 1.02. The normalized spacial score (nSPS) is 10.8. The van der Waals surface area contributed by atoms with Gasteiger partial charge in [-0.2, -0.15) is 13.2 Å². The number of carbonyl (C=O) groups excluding carboxylic acids is 2. The Morgan fingerprint density at radius 1 is 1.31 bits per heavy atom. The quantitative estimate of drug-likeness (QED) is 0.424. The molecule has 0 saturated carbocycles. The Hall–Kier alpha value is -2.01. The lowest BCUT2D eigenvalue weighted by atomic mass is 10.1. The van der Waals surface area contributed by atoms with Gasteiger partial charge in [-0.15, -0.1) is 4.99 Å². The number of amides is 1. The zero-order valence-corrected chi connectivity index (χ0v) is 7.51. The molecule has 0 atom stereocenters. The van der Waals surface area contributed by atoms with Crippen LogP contribution in [0.4, 0.5) is 17.6 Å². The third-order valence-corrected chi connectivity index (χ3v) is 1.68. The van der Waals surface area contributed by atoms with E-state index < -0.39 is 29.0 Å². The molecule has 0 fully saturated rings. The number of benzene rings is 1. The summed E-state index contributed by atoms with van der Waals surface area (Å²) in [6.07, 6.45) is -4.08. The van der Waals surface area contributed by atoms with Gasteiger partial charge < -0.3 is 0 Å². The number of hydrogen-bond acceptors (Lipinski definition) is 2. The van der Waals surface area contributed by atoms with E-state index in [2.05, 4.69) is 4.99 Å². The van der Waals surface area contributed by atoms with Crippen molar-refractivity contribution in [3.63, 3.8) is 0 Å². The number of carbonyl (C=O) groups is 1. The fraction of sp³-hybridized carbons (Fsp3) is 0.111. The molecule has 0 N–H and O–H groups in total. The van der Waals surface area contributed by atoms with Crippen LogP contribution < -0.4 is 0 Å². The van der Waals surface area contributed by atoms with Crippen LogP contribution in [-0.4, -0.2) is 12.0 Å². The number of rotatable bonds is 1. The predicted molar refractivity (Wildman–Crippen MR) is 43.9 cm³/mol. The summed E-state index contributed by atoms with van der Waals surface area (Å²) in [6.45, 7) is 0. The van der Waals surface area contributed by atoms with E-state index in [9.17, 15) is 27.2 Å². The molecular formula is C9H3F4NO2. The van der Waals surface area contributed by atoms with Gasteiger partial charge in [0.25, 0.3) is 5.91 Å². The number of nitrogens with zero attached hydrogens (tertiary/aromatic N) is 1. The summed E-state index contributed by atoms with van der Waals surface area (Å²) in [5, 5.41) is 0. The maximum atomic E-state index is 13.2. The van der Waals surface area contributed by atoms with Crippen LogP contribution in [0.25, 0.3) is 0 Å². The van der Waals surface area contributed by atoms with Crippen LogP contribution in [-0.2, 0) is 11.0 Å². The number of isocyanates is 1. The van der Waals surface area contributed by atoms with Crippen molar-refractivity contribution in [2.75, 3.05) is 0 Å². The number of hydrogen-bond donors (Lipinski definition) is 0. The lowest BCUT2D eigenvalue weighted by Gasteiger charge is -2.08. The highest BCUT2D eigenvalue weighted by Crippen LogP contribution is 2.32. The second-order valence-electron chi connectivity index (χ2n) is 2.67. The first-order valence-electron chi connectivity index (χ1n) is 3.86. The Morgan fingerprint density at radius 2 is 1.94 bits per heavy atom. The molecule has 0 aliphatic carbocycles. The van der Waals surface area contributed by atoms with Crippen LogP contribution in [0.2, 0.25) is 0 Å². The zero-order valence-electron chi connectivity index (χ0n) is 7.51. The molecule has 0 spiro atoms. The second-order valence-corrected chi connectivity index (χ2v) is 2.67. The number of alkyl halides is 3. The molecule has 7 heteroatoms. The molecule has 0 radical (unpaired) electrons. The lowest BCUT2D eigenvalue weighted by Crippen LogP contribution is -2.11. The van der Waals surface area contributed by atoms with Crippen molar-refractivity contribution in [3.8, 4) is 0 Å². The minimum absolute atomic E-state index is 0.483. The molecule has 1 rings (SSSR count). The molecule has 16 heavy (non-hydrogen) atoms. The van der Waals surface area contributed by atoms with Crippen LogP contribution in [0.3, 0.4) is 0 Å². The van der Waals surface area contributed by atoms with Crippen molar-refractivity contribution >= 4 is 12.0 Å². The van der Waals surface area contributed by atoms with Gasteiger partial charge in [0.15, 0.2) is 0 Å². The summed E-state index contributed by atoms with van der Waals surface area (Å²) in [5.74, 6) is -3.16. The van der Waals surface area contributed by atoms with Gasteiger partial charge in [-0.05, 0) is 12.1 Å². The summed E-state index contributed by atoms with van der Waals surface area (Å²) in [6, 6.07) is 2.13. The van der Waals surface area contributed by atoms with E-state index in [-0.39, 0.29) is 0 Å². The van der Waals surface area contributed by atoms with E-state index in [1.54, 1.807) is 0 Å². The van der Waals surface area contributed by atoms with Gasteiger partial charge in [0, 0.05) is 0 Å². The van der Waals surface area contributed by atoms with Crippen molar-refractivity contribution in [2.24, 2.45) is 4.99 Å². The van der Waals surface area contributed by atoms with Crippen molar-refractivity contribution < 1.29 is 27.2 Å². The monoisotopic (exact) mass is 233 g/mol. The van der Waals surface area contributed by atoms with Gasteiger partial charge in [-0.25, -0.2) is 9.18 Å². The lowest BCUT2D eigenvalue weighted by molar-refractivity contribution is -0.140. The third-order valence-electron chi connectivity index (χ3n) is 1.68. The second kappa shape index (κ2) is 4.24. The molecule has 0 aliphatic heterocycles. The Bertz CT molecular complexity index is 475. The number of aliphatic imine (C=N–C) groups is 1. The summed E-state index contributed by atoms with van der Waals surface area (Å²) in [7, 11) is 0. The standard InChI is InChI=1S/C9H3F4NO2/c10-7-5(8(16)14-4-15)2-1-3-6(7)9(11,12)13/h1-3H. The van der Waals surface area contributed by atoms with E-state index in [0.29, 0.717) is 6.07 Å². The summed E-state index contributed by atoms with van der Waals surface area (Å²) < 4.78 is 49.9. The summed E-state index contributed by atoms with van der Waals surface area (Å²) >= 11 is 0. The minimum atomic E-state index is -4.91. The van der Waals surface area contributed by atoms with Crippen molar-refractivity contribution in [3.05, 3.63) is 35.1 Å². The topological polar surface area (TPSA) is 46.5 Å². The van der Waals surface area contributed by atoms with Crippen molar-refractivity contribution in [1.82, 2.24) is 0 Å².